The summed E-state index contributed by atoms with van der Waals surface area (Å²) in [6.07, 6.45) is 1.69. The minimum atomic E-state index is -0.456. The highest BCUT2D eigenvalue weighted by Gasteiger charge is 2.13. The predicted octanol–water partition coefficient (Wildman–Crippen LogP) is 1.96. The summed E-state index contributed by atoms with van der Waals surface area (Å²) < 4.78 is 1.91. The van der Waals surface area contributed by atoms with E-state index in [0.717, 1.165) is 0 Å². The van der Waals surface area contributed by atoms with Gasteiger partial charge >= 0.3 is 0 Å². The molecule has 0 bridgehead atoms. The summed E-state index contributed by atoms with van der Waals surface area (Å²) in [6, 6.07) is 4.41. The normalized spacial score (nSPS) is 12.4. The van der Waals surface area contributed by atoms with Crippen LogP contribution in [0.25, 0.3) is 5.69 Å². The van der Waals surface area contributed by atoms with Crippen molar-refractivity contribution < 1.29 is 4.92 Å². The minimum Gasteiger partial charge on any atom is -0.323 e. The molecule has 0 amide bonds. The molecule has 0 fully saturated rings. The van der Waals surface area contributed by atoms with Crippen molar-refractivity contribution in [2.24, 2.45) is 5.73 Å². The molecule has 0 spiro atoms. The van der Waals surface area contributed by atoms with Crippen molar-refractivity contribution in [3.8, 4) is 5.69 Å². The first-order chi connectivity index (χ1) is 8.49. The molecule has 94 valence electrons. The van der Waals surface area contributed by atoms with Crippen molar-refractivity contribution in [1.82, 2.24) is 15.0 Å². The molecule has 8 heteroatoms. The number of aromatic nitrogens is 3. The lowest BCUT2D eigenvalue weighted by Crippen LogP contribution is -2.04. The van der Waals surface area contributed by atoms with Crippen molar-refractivity contribution in [1.29, 1.82) is 0 Å². The van der Waals surface area contributed by atoms with E-state index in [0.29, 0.717) is 15.9 Å². The van der Waals surface area contributed by atoms with E-state index in [2.05, 4.69) is 26.2 Å². The Morgan fingerprint density at radius 2 is 2.28 bits per heavy atom. The molecule has 1 aromatic carbocycles. The van der Waals surface area contributed by atoms with Gasteiger partial charge in [-0.15, -0.1) is 5.10 Å². The highest BCUT2D eigenvalue weighted by molar-refractivity contribution is 9.10. The molecule has 0 aliphatic heterocycles. The summed E-state index contributed by atoms with van der Waals surface area (Å²) >= 11 is 3.15. The third-order valence-corrected chi connectivity index (χ3v) is 3.01. The van der Waals surface area contributed by atoms with Gasteiger partial charge in [0.2, 0.25) is 0 Å². The molecule has 2 N–H and O–H groups in total. The third kappa shape index (κ3) is 2.39. The molecule has 1 unspecified atom stereocenters. The summed E-state index contributed by atoms with van der Waals surface area (Å²) in [5, 5.41) is 18.5. The summed E-state index contributed by atoms with van der Waals surface area (Å²) in [5.74, 6) is 0. The molecule has 1 heterocycles. The smallest absolute Gasteiger partial charge is 0.283 e. The topological polar surface area (TPSA) is 99.9 Å². The number of hydrogen-bond donors (Lipinski definition) is 1. The van der Waals surface area contributed by atoms with E-state index in [1.807, 2.05) is 0 Å². The third-order valence-electron chi connectivity index (χ3n) is 2.37. The zero-order chi connectivity index (χ0) is 13.3. The SMILES string of the molecule is CC(N)c1cn(-c2ccc([N+](=O)[O-])c(Br)c2)nn1. The first kappa shape index (κ1) is 12.7. The second-order valence-electron chi connectivity index (χ2n) is 3.77. The number of halogens is 1. The van der Waals surface area contributed by atoms with E-state index in [-0.39, 0.29) is 11.7 Å². The van der Waals surface area contributed by atoms with Crippen LogP contribution >= 0.6 is 15.9 Å². The molecular weight excluding hydrogens is 302 g/mol. The molecular formula is C10H10BrN5O2. The van der Waals surface area contributed by atoms with Gasteiger partial charge in [0, 0.05) is 12.1 Å². The van der Waals surface area contributed by atoms with Crippen molar-refractivity contribution in [2.75, 3.05) is 0 Å². The van der Waals surface area contributed by atoms with Crippen molar-refractivity contribution >= 4 is 21.6 Å². The van der Waals surface area contributed by atoms with Gasteiger partial charge in [0.05, 0.1) is 27.0 Å². The molecule has 0 aliphatic carbocycles. The Morgan fingerprint density at radius 3 is 2.78 bits per heavy atom. The molecule has 0 aliphatic rings. The monoisotopic (exact) mass is 311 g/mol. The number of rotatable bonds is 3. The zero-order valence-electron chi connectivity index (χ0n) is 9.45. The lowest BCUT2D eigenvalue weighted by Gasteiger charge is -2.01. The Bertz CT molecular complexity index is 596. The van der Waals surface area contributed by atoms with E-state index in [4.69, 9.17) is 5.73 Å². The van der Waals surface area contributed by atoms with Gasteiger partial charge in [-0.25, -0.2) is 4.68 Å². The predicted molar refractivity (Wildman–Crippen MR) is 68.3 cm³/mol. The fourth-order valence-electron chi connectivity index (χ4n) is 1.40. The van der Waals surface area contributed by atoms with Crippen LogP contribution in [0.2, 0.25) is 0 Å². The Labute approximate surface area is 111 Å². The van der Waals surface area contributed by atoms with Gasteiger partial charge in [-0.3, -0.25) is 10.1 Å². The molecule has 1 aromatic heterocycles. The fourth-order valence-corrected chi connectivity index (χ4v) is 1.91. The second kappa shape index (κ2) is 4.83. The fraction of sp³-hybridized carbons (Fsp3) is 0.200. The van der Waals surface area contributed by atoms with Gasteiger partial charge < -0.3 is 5.73 Å². The second-order valence-corrected chi connectivity index (χ2v) is 4.62. The standard InChI is InChI=1S/C10H10BrN5O2/c1-6(12)9-5-15(14-13-9)7-2-3-10(16(17)18)8(11)4-7/h2-6H,12H2,1H3. The highest BCUT2D eigenvalue weighted by Crippen LogP contribution is 2.26. The maximum atomic E-state index is 10.7. The lowest BCUT2D eigenvalue weighted by molar-refractivity contribution is -0.385. The van der Waals surface area contributed by atoms with E-state index in [1.54, 1.807) is 25.3 Å². The minimum absolute atomic E-state index is 0.00582. The molecule has 2 rings (SSSR count). The summed E-state index contributed by atoms with van der Waals surface area (Å²) in [4.78, 5) is 10.2. The van der Waals surface area contributed by atoms with Crippen LogP contribution in [-0.4, -0.2) is 19.9 Å². The van der Waals surface area contributed by atoms with E-state index < -0.39 is 4.92 Å². The highest BCUT2D eigenvalue weighted by atomic mass is 79.9. The average Bonchev–Trinajstić information content (AvgIpc) is 2.77. The number of hydrogen-bond acceptors (Lipinski definition) is 5. The van der Waals surface area contributed by atoms with E-state index in [9.17, 15) is 10.1 Å². The van der Waals surface area contributed by atoms with Crippen LogP contribution in [0, 0.1) is 10.1 Å². The Morgan fingerprint density at radius 1 is 1.56 bits per heavy atom. The maximum absolute atomic E-state index is 10.7. The van der Waals surface area contributed by atoms with Crippen molar-refractivity contribution in [2.45, 2.75) is 13.0 Å². The Hall–Kier alpha value is -1.80. The lowest BCUT2D eigenvalue weighted by atomic mass is 10.2. The zero-order valence-corrected chi connectivity index (χ0v) is 11.0. The largest absolute Gasteiger partial charge is 0.323 e. The molecule has 1 atom stereocenters. The van der Waals surface area contributed by atoms with Crippen LogP contribution in [0.4, 0.5) is 5.69 Å². The van der Waals surface area contributed by atoms with Gasteiger partial charge in [0.25, 0.3) is 5.69 Å². The van der Waals surface area contributed by atoms with Crippen molar-refractivity contribution in [3.63, 3.8) is 0 Å². The van der Waals surface area contributed by atoms with Crippen LogP contribution in [0.5, 0.6) is 0 Å². The van der Waals surface area contributed by atoms with Crippen LogP contribution in [0.15, 0.2) is 28.9 Å². The van der Waals surface area contributed by atoms with Crippen molar-refractivity contribution in [3.05, 3.63) is 44.7 Å². The van der Waals surface area contributed by atoms with Gasteiger partial charge in [-0.2, -0.15) is 0 Å². The number of nitro groups is 1. The molecule has 0 saturated heterocycles. The van der Waals surface area contributed by atoms with Gasteiger partial charge in [0.15, 0.2) is 0 Å². The number of nitrogens with two attached hydrogens (primary N) is 1. The van der Waals surface area contributed by atoms with E-state index >= 15 is 0 Å². The van der Waals surface area contributed by atoms with Gasteiger partial charge in [-0.1, -0.05) is 5.21 Å². The van der Waals surface area contributed by atoms with Gasteiger partial charge in [0.1, 0.15) is 0 Å². The number of nitrogens with zero attached hydrogens (tertiary/aromatic N) is 4. The summed E-state index contributed by atoms with van der Waals surface area (Å²) in [6.45, 7) is 1.81. The number of nitro benzene ring substituents is 1. The quantitative estimate of drug-likeness (QED) is 0.690. The Kier molecular flexibility index (Phi) is 3.39. The van der Waals surface area contributed by atoms with Gasteiger partial charge in [-0.05, 0) is 35.0 Å². The molecule has 0 saturated carbocycles. The van der Waals surface area contributed by atoms with E-state index in [1.165, 1.54) is 10.7 Å². The number of benzene rings is 1. The van der Waals surface area contributed by atoms with Crippen LogP contribution in [0.1, 0.15) is 18.7 Å². The summed E-state index contributed by atoms with van der Waals surface area (Å²) in [7, 11) is 0. The van der Waals surface area contributed by atoms with Crippen LogP contribution < -0.4 is 5.73 Å². The Balaban J connectivity index is 2.39. The maximum Gasteiger partial charge on any atom is 0.283 e. The van der Waals surface area contributed by atoms with Crippen LogP contribution in [0.3, 0.4) is 0 Å². The molecule has 18 heavy (non-hydrogen) atoms. The average molecular weight is 312 g/mol. The first-order valence-electron chi connectivity index (χ1n) is 5.11. The molecule has 7 nitrogen and oxygen atoms in total. The molecule has 0 radical (unpaired) electrons. The first-order valence-corrected chi connectivity index (χ1v) is 5.90. The molecule has 2 aromatic rings. The van der Waals surface area contributed by atoms with Crippen LogP contribution in [-0.2, 0) is 0 Å². The summed E-state index contributed by atoms with van der Waals surface area (Å²) in [5.41, 5.74) is 7.02.